The number of thiazole rings is 2. The molecular formula is C30H30N6O4S3. The van der Waals surface area contributed by atoms with Crippen LogP contribution in [0.25, 0.3) is 36.5 Å². The highest BCUT2D eigenvalue weighted by Gasteiger charge is 2.17. The third kappa shape index (κ3) is 6.69. The van der Waals surface area contributed by atoms with Gasteiger partial charge < -0.3 is 19.5 Å². The van der Waals surface area contributed by atoms with Crippen molar-refractivity contribution in [1.29, 1.82) is 0 Å². The van der Waals surface area contributed by atoms with Crippen LogP contribution in [0.1, 0.15) is 40.8 Å². The summed E-state index contributed by atoms with van der Waals surface area (Å²) in [5.41, 5.74) is 3.90. The lowest BCUT2D eigenvalue weighted by atomic mass is 10.1. The molecule has 0 unspecified atom stereocenters. The number of ether oxygens (including phenoxy) is 3. The molecule has 0 saturated heterocycles. The number of imidazole rings is 1. The maximum Gasteiger partial charge on any atom is 0.251 e. The molecule has 0 fully saturated rings. The molecule has 6 rings (SSSR count). The zero-order valence-corrected chi connectivity index (χ0v) is 26.4. The minimum atomic E-state index is -0.116. The van der Waals surface area contributed by atoms with E-state index in [4.69, 9.17) is 29.2 Å². The molecule has 0 spiro atoms. The molecule has 222 valence electrons. The third-order valence-electron chi connectivity index (χ3n) is 6.52. The van der Waals surface area contributed by atoms with Gasteiger partial charge in [-0.3, -0.25) is 4.79 Å². The molecule has 0 aliphatic heterocycles. The van der Waals surface area contributed by atoms with Crippen molar-refractivity contribution in [2.45, 2.75) is 33.3 Å². The smallest absolute Gasteiger partial charge is 0.251 e. The van der Waals surface area contributed by atoms with Crippen LogP contribution in [0, 0.1) is 6.92 Å². The van der Waals surface area contributed by atoms with E-state index < -0.39 is 0 Å². The lowest BCUT2D eigenvalue weighted by Crippen LogP contribution is -2.27. The number of aromatic nitrogens is 5. The van der Waals surface area contributed by atoms with Crippen molar-refractivity contribution in [3.63, 3.8) is 0 Å². The first-order valence-corrected chi connectivity index (χ1v) is 16.4. The zero-order valence-electron chi connectivity index (χ0n) is 24.0. The number of nitrogens with zero attached hydrogens (tertiary/aromatic N) is 5. The number of hydrogen-bond acceptors (Lipinski definition) is 11. The number of carbonyl (C=O) groups excluding carboxylic acids is 1. The Kier molecular flexibility index (Phi) is 8.93. The van der Waals surface area contributed by atoms with Crippen LogP contribution in [0.4, 0.5) is 0 Å². The standard InChI is InChI=1S/C30H30N6O4S3/c1-4-5-11-39-12-10-31-27(37)19-6-8-20(9-7-19)28-32-21(17-41-28)16-40-25-14-22(38-3)13-23-26(25)43-29(33-23)24-15-36-30(34-24)42-18(2)35-36/h6-9,13-15,17H,4-5,10-12,16H2,1-3H3,(H,31,37). The minimum absolute atomic E-state index is 0.116. The van der Waals surface area contributed by atoms with Crippen LogP contribution >= 0.6 is 34.0 Å². The average Bonchev–Trinajstić information content (AvgIpc) is 3.80. The fourth-order valence-corrected chi connectivity index (χ4v) is 6.83. The van der Waals surface area contributed by atoms with E-state index in [9.17, 15) is 4.79 Å². The maximum atomic E-state index is 12.5. The Labute approximate surface area is 260 Å². The summed E-state index contributed by atoms with van der Waals surface area (Å²) in [6.45, 7) is 6.10. The predicted octanol–water partition coefficient (Wildman–Crippen LogP) is 6.63. The Bertz CT molecular complexity index is 1830. The number of fused-ring (bicyclic) bond motifs is 2. The molecule has 0 radical (unpaired) electrons. The second-order valence-electron chi connectivity index (χ2n) is 9.70. The molecule has 1 N–H and O–H groups in total. The van der Waals surface area contributed by atoms with Crippen LogP contribution in [-0.4, -0.2) is 57.3 Å². The number of nitrogens with one attached hydrogen (secondary N) is 1. The van der Waals surface area contributed by atoms with Gasteiger partial charge in [0, 0.05) is 41.8 Å². The van der Waals surface area contributed by atoms with Gasteiger partial charge in [-0.1, -0.05) is 36.8 Å². The summed E-state index contributed by atoms with van der Waals surface area (Å²) in [6, 6.07) is 11.2. The van der Waals surface area contributed by atoms with Crippen molar-refractivity contribution >= 4 is 55.1 Å². The minimum Gasteiger partial charge on any atom is -0.497 e. The first kappa shape index (κ1) is 29.2. The lowest BCUT2D eigenvalue weighted by Gasteiger charge is -2.08. The van der Waals surface area contributed by atoms with E-state index in [0.717, 1.165) is 66.6 Å². The summed E-state index contributed by atoms with van der Waals surface area (Å²) in [5.74, 6) is 1.22. The van der Waals surface area contributed by atoms with Crippen LogP contribution in [0.3, 0.4) is 0 Å². The van der Waals surface area contributed by atoms with Gasteiger partial charge >= 0.3 is 0 Å². The van der Waals surface area contributed by atoms with Crippen molar-refractivity contribution in [1.82, 2.24) is 29.9 Å². The number of hydrogen-bond donors (Lipinski definition) is 1. The largest absolute Gasteiger partial charge is 0.497 e. The van der Waals surface area contributed by atoms with Gasteiger partial charge in [-0.05, 0) is 25.5 Å². The van der Waals surface area contributed by atoms with Crippen LogP contribution in [-0.2, 0) is 11.3 Å². The Morgan fingerprint density at radius 1 is 1.05 bits per heavy atom. The molecule has 4 heterocycles. The van der Waals surface area contributed by atoms with Crippen LogP contribution < -0.4 is 14.8 Å². The van der Waals surface area contributed by atoms with Crippen molar-refractivity contribution in [3.05, 3.63) is 64.2 Å². The molecule has 1 amide bonds. The number of amides is 1. The van der Waals surface area contributed by atoms with Gasteiger partial charge in [0.25, 0.3) is 5.91 Å². The topological polar surface area (TPSA) is 113 Å². The van der Waals surface area contributed by atoms with Crippen molar-refractivity contribution < 1.29 is 19.0 Å². The third-order valence-corrected chi connectivity index (χ3v) is 9.41. The van der Waals surface area contributed by atoms with E-state index in [-0.39, 0.29) is 12.5 Å². The first-order valence-electron chi connectivity index (χ1n) is 13.9. The quantitative estimate of drug-likeness (QED) is 0.141. The summed E-state index contributed by atoms with van der Waals surface area (Å²) in [4.78, 5) is 27.6. The normalized spacial score (nSPS) is 11.4. The van der Waals surface area contributed by atoms with Crippen LogP contribution in [0.2, 0.25) is 0 Å². The number of methoxy groups -OCH3 is 1. The van der Waals surface area contributed by atoms with E-state index in [1.165, 1.54) is 22.7 Å². The van der Waals surface area contributed by atoms with E-state index in [2.05, 4.69) is 17.3 Å². The highest BCUT2D eigenvalue weighted by atomic mass is 32.1. The summed E-state index contributed by atoms with van der Waals surface area (Å²) in [7, 11) is 1.63. The molecule has 10 nitrogen and oxygen atoms in total. The lowest BCUT2D eigenvalue weighted by molar-refractivity contribution is 0.0913. The Morgan fingerprint density at radius 2 is 1.91 bits per heavy atom. The van der Waals surface area contributed by atoms with E-state index >= 15 is 0 Å². The molecule has 2 aromatic carbocycles. The van der Waals surface area contributed by atoms with Crippen LogP contribution in [0.5, 0.6) is 11.5 Å². The van der Waals surface area contributed by atoms with E-state index in [1.54, 1.807) is 23.0 Å². The molecule has 0 saturated carbocycles. The van der Waals surface area contributed by atoms with Crippen molar-refractivity contribution in [2.24, 2.45) is 0 Å². The van der Waals surface area contributed by atoms with E-state index in [0.29, 0.717) is 30.2 Å². The molecule has 0 atom stereocenters. The van der Waals surface area contributed by atoms with Crippen LogP contribution in [0.15, 0.2) is 48.0 Å². The number of unbranched alkanes of at least 4 members (excludes halogenated alkanes) is 1. The second kappa shape index (κ2) is 13.2. The maximum absolute atomic E-state index is 12.5. The molecule has 6 aromatic rings. The van der Waals surface area contributed by atoms with Gasteiger partial charge in [-0.2, -0.15) is 5.10 Å². The Hall–Kier alpha value is -3.91. The zero-order chi connectivity index (χ0) is 29.8. The number of benzene rings is 2. The Balaban J connectivity index is 1.11. The fraction of sp³-hybridized carbons (Fsp3) is 0.300. The van der Waals surface area contributed by atoms with Gasteiger partial charge in [0.15, 0.2) is 0 Å². The predicted molar refractivity (Wildman–Crippen MR) is 171 cm³/mol. The monoisotopic (exact) mass is 634 g/mol. The highest BCUT2D eigenvalue weighted by molar-refractivity contribution is 7.22. The number of carbonyl (C=O) groups is 1. The summed E-state index contributed by atoms with van der Waals surface area (Å²) >= 11 is 4.60. The molecular weight excluding hydrogens is 605 g/mol. The number of rotatable bonds is 13. The van der Waals surface area contributed by atoms with E-state index in [1.807, 2.05) is 54.9 Å². The SMILES string of the molecule is CCCCOCCNC(=O)c1ccc(-c2nc(COc3cc(OC)cc4nc(-c5cn6nc(C)sc6n5)sc34)cs2)cc1. The fourth-order valence-electron chi connectivity index (χ4n) is 4.32. The Morgan fingerprint density at radius 3 is 2.70 bits per heavy atom. The summed E-state index contributed by atoms with van der Waals surface area (Å²) < 4.78 is 20.0. The van der Waals surface area contributed by atoms with Crippen molar-refractivity contribution in [2.75, 3.05) is 26.9 Å². The van der Waals surface area contributed by atoms with Gasteiger partial charge in [0.2, 0.25) is 4.96 Å². The van der Waals surface area contributed by atoms with Gasteiger partial charge in [-0.25, -0.2) is 19.5 Å². The average molecular weight is 635 g/mol. The summed E-state index contributed by atoms with van der Waals surface area (Å²) in [6.07, 6.45) is 4.02. The molecule has 43 heavy (non-hydrogen) atoms. The molecule has 0 aliphatic carbocycles. The highest BCUT2D eigenvalue weighted by Crippen LogP contribution is 2.39. The second-order valence-corrected chi connectivity index (χ2v) is 12.7. The van der Waals surface area contributed by atoms with Gasteiger partial charge in [0.1, 0.15) is 38.8 Å². The molecule has 0 bridgehead atoms. The number of aryl methyl sites for hydroxylation is 1. The first-order chi connectivity index (χ1) is 21.0. The van der Waals surface area contributed by atoms with Crippen molar-refractivity contribution in [3.8, 4) is 32.8 Å². The molecule has 4 aromatic heterocycles. The molecule has 0 aliphatic rings. The van der Waals surface area contributed by atoms with Gasteiger partial charge in [-0.15, -0.1) is 22.7 Å². The molecule has 13 heteroatoms. The summed E-state index contributed by atoms with van der Waals surface area (Å²) in [5, 5.41) is 11.9. The van der Waals surface area contributed by atoms with Gasteiger partial charge in [0.05, 0.1) is 35.8 Å².